The second kappa shape index (κ2) is 5.06. The average molecular weight is 299 g/mol. The van der Waals surface area contributed by atoms with Crippen LogP contribution in [0.1, 0.15) is 12.8 Å². The van der Waals surface area contributed by atoms with Gasteiger partial charge in [0.05, 0.1) is 6.61 Å². The molecule has 92 valence electrons. The number of nitrogens with one attached hydrogen (secondary N) is 2. The smallest absolute Gasteiger partial charge is 0.319 e. The van der Waals surface area contributed by atoms with Gasteiger partial charge < -0.3 is 15.7 Å². The van der Waals surface area contributed by atoms with Crippen LogP contribution >= 0.6 is 15.9 Å². The van der Waals surface area contributed by atoms with Gasteiger partial charge in [-0.3, -0.25) is 0 Å². The van der Waals surface area contributed by atoms with E-state index in [1.165, 1.54) is 0 Å². The van der Waals surface area contributed by atoms with Gasteiger partial charge in [-0.25, -0.2) is 4.79 Å². The van der Waals surface area contributed by atoms with E-state index in [1.807, 2.05) is 24.3 Å². The Kier molecular flexibility index (Phi) is 3.69. The molecule has 0 unspecified atom stereocenters. The van der Waals surface area contributed by atoms with E-state index in [9.17, 15) is 4.79 Å². The van der Waals surface area contributed by atoms with Crippen LogP contribution in [-0.4, -0.2) is 24.3 Å². The zero-order chi connectivity index (χ0) is 12.3. The van der Waals surface area contributed by atoms with Gasteiger partial charge in [0, 0.05) is 22.1 Å². The number of carbonyl (C=O) groups excluding carboxylic acids is 1. The first-order chi connectivity index (χ1) is 8.13. The molecule has 0 atom stereocenters. The number of amides is 2. The first-order valence-electron chi connectivity index (χ1n) is 5.55. The van der Waals surface area contributed by atoms with Crippen molar-refractivity contribution >= 4 is 27.6 Å². The normalized spacial score (nSPS) is 16.4. The Morgan fingerprint density at radius 3 is 2.53 bits per heavy atom. The van der Waals surface area contributed by atoms with Crippen molar-refractivity contribution < 1.29 is 9.90 Å². The molecule has 0 saturated heterocycles. The minimum Gasteiger partial charge on any atom is -0.396 e. The molecular weight excluding hydrogens is 284 g/mol. The molecule has 1 aliphatic carbocycles. The predicted molar refractivity (Wildman–Crippen MR) is 69.9 cm³/mol. The minimum absolute atomic E-state index is 0.0585. The van der Waals surface area contributed by atoms with E-state index in [1.54, 1.807) is 0 Å². The van der Waals surface area contributed by atoms with Gasteiger partial charge in [-0.15, -0.1) is 0 Å². The third-order valence-electron chi connectivity index (χ3n) is 3.02. The predicted octanol–water partition coefficient (Wildman–Crippen LogP) is 2.34. The second-order valence-electron chi connectivity index (χ2n) is 4.47. The molecule has 0 aromatic heterocycles. The molecule has 2 rings (SSSR count). The number of urea groups is 1. The summed E-state index contributed by atoms with van der Waals surface area (Å²) < 4.78 is 0.973. The van der Waals surface area contributed by atoms with E-state index in [4.69, 9.17) is 5.11 Å². The van der Waals surface area contributed by atoms with E-state index in [-0.39, 0.29) is 18.1 Å². The standard InChI is InChI=1S/C12H15BrN2O2/c13-9-1-3-10(4-2-9)15-11(17)14-7-12(8-16)5-6-12/h1-4,16H,5-8H2,(H2,14,15,17). The van der Waals surface area contributed by atoms with Gasteiger partial charge in [-0.05, 0) is 37.1 Å². The van der Waals surface area contributed by atoms with Crippen molar-refractivity contribution in [1.82, 2.24) is 5.32 Å². The van der Waals surface area contributed by atoms with E-state index in [0.717, 1.165) is 23.0 Å². The van der Waals surface area contributed by atoms with Crippen LogP contribution in [0.15, 0.2) is 28.7 Å². The number of carbonyl (C=O) groups is 1. The summed E-state index contributed by atoms with van der Waals surface area (Å²) in [7, 11) is 0. The molecule has 0 heterocycles. The lowest BCUT2D eigenvalue weighted by atomic mass is 10.1. The molecule has 0 aliphatic heterocycles. The molecule has 1 aromatic rings. The van der Waals surface area contributed by atoms with Crippen molar-refractivity contribution in [3.8, 4) is 0 Å². The Hall–Kier alpha value is -1.07. The number of benzene rings is 1. The fourth-order valence-corrected chi connectivity index (χ4v) is 1.81. The third kappa shape index (κ3) is 3.44. The molecular formula is C12H15BrN2O2. The summed E-state index contributed by atoms with van der Waals surface area (Å²) in [6, 6.07) is 7.15. The summed E-state index contributed by atoms with van der Waals surface area (Å²) in [6.07, 6.45) is 1.98. The van der Waals surface area contributed by atoms with Gasteiger partial charge in [0.1, 0.15) is 0 Å². The van der Waals surface area contributed by atoms with Crippen LogP contribution in [-0.2, 0) is 0 Å². The van der Waals surface area contributed by atoms with Gasteiger partial charge in [-0.1, -0.05) is 15.9 Å². The lowest BCUT2D eigenvalue weighted by Crippen LogP contribution is -2.35. The summed E-state index contributed by atoms with van der Waals surface area (Å²) in [4.78, 5) is 11.6. The molecule has 2 amide bonds. The van der Waals surface area contributed by atoms with E-state index >= 15 is 0 Å². The SMILES string of the molecule is O=C(NCC1(CO)CC1)Nc1ccc(Br)cc1. The molecule has 3 N–H and O–H groups in total. The summed E-state index contributed by atoms with van der Waals surface area (Å²) >= 11 is 3.33. The van der Waals surface area contributed by atoms with Gasteiger partial charge in [0.2, 0.25) is 0 Å². The molecule has 0 spiro atoms. The highest BCUT2D eigenvalue weighted by Gasteiger charge is 2.42. The third-order valence-corrected chi connectivity index (χ3v) is 3.55. The number of aliphatic hydroxyl groups excluding tert-OH is 1. The van der Waals surface area contributed by atoms with Gasteiger partial charge in [0.15, 0.2) is 0 Å². The molecule has 1 fully saturated rings. The Labute approximate surface area is 109 Å². The maximum absolute atomic E-state index is 11.6. The summed E-state index contributed by atoms with van der Waals surface area (Å²) in [5, 5.41) is 14.6. The van der Waals surface area contributed by atoms with Crippen LogP contribution in [0.5, 0.6) is 0 Å². The van der Waals surface area contributed by atoms with Crippen molar-refractivity contribution in [1.29, 1.82) is 0 Å². The van der Waals surface area contributed by atoms with Crippen molar-refractivity contribution in [2.75, 3.05) is 18.5 Å². The van der Waals surface area contributed by atoms with Gasteiger partial charge in [0.25, 0.3) is 0 Å². The topological polar surface area (TPSA) is 61.4 Å². The summed E-state index contributed by atoms with van der Waals surface area (Å²) in [5.74, 6) is 0. The number of aliphatic hydroxyl groups is 1. The van der Waals surface area contributed by atoms with Crippen LogP contribution in [0.25, 0.3) is 0 Å². The lowest BCUT2D eigenvalue weighted by molar-refractivity contribution is 0.206. The quantitative estimate of drug-likeness (QED) is 0.799. The highest BCUT2D eigenvalue weighted by Crippen LogP contribution is 2.44. The van der Waals surface area contributed by atoms with E-state index < -0.39 is 0 Å². The molecule has 1 aliphatic rings. The Morgan fingerprint density at radius 2 is 2.00 bits per heavy atom. The maximum Gasteiger partial charge on any atom is 0.319 e. The van der Waals surface area contributed by atoms with Crippen molar-refractivity contribution in [3.63, 3.8) is 0 Å². The summed E-state index contributed by atoms with van der Waals surface area (Å²) in [6.45, 7) is 0.678. The Balaban J connectivity index is 1.79. The second-order valence-corrected chi connectivity index (χ2v) is 5.39. The van der Waals surface area contributed by atoms with Crippen molar-refractivity contribution in [3.05, 3.63) is 28.7 Å². The fourth-order valence-electron chi connectivity index (χ4n) is 1.54. The Morgan fingerprint density at radius 1 is 1.35 bits per heavy atom. The number of anilines is 1. The highest BCUT2D eigenvalue weighted by molar-refractivity contribution is 9.10. The van der Waals surface area contributed by atoms with E-state index in [0.29, 0.717) is 6.54 Å². The van der Waals surface area contributed by atoms with Crippen LogP contribution in [0, 0.1) is 5.41 Å². The largest absolute Gasteiger partial charge is 0.396 e. The number of hydrogen-bond acceptors (Lipinski definition) is 2. The first kappa shape index (κ1) is 12.4. The summed E-state index contributed by atoms with van der Waals surface area (Å²) in [5.41, 5.74) is 0.691. The molecule has 4 nitrogen and oxygen atoms in total. The minimum atomic E-state index is -0.230. The molecule has 1 saturated carbocycles. The number of hydrogen-bond donors (Lipinski definition) is 3. The van der Waals surface area contributed by atoms with Crippen LogP contribution in [0.2, 0.25) is 0 Å². The van der Waals surface area contributed by atoms with Gasteiger partial charge >= 0.3 is 6.03 Å². The number of rotatable bonds is 4. The zero-order valence-corrected chi connectivity index (χ0v) is 11.0. The molecule has 0 radical (unpaired) electrons. The fraction of sp³-hybridized carbons (Fsp3) is 0.417. The van der Waals surface area contributed by atoms with Crippen LogP contribution in [0.3, 0.4) is 0 Å². The zero-order valence-electron chi connectivity index (χ0n) is 9.37. The monoisotopic (exact) mass is 298 g/mol. The van der Waals surface area contributed by atoms with Crippen LogP contribution in [0.4, 0.5) is 10.5 Å². The first-order valence-corrected chi connectivity index (χ1v) is 6.34. The van der Waals surface area contributed by atoms with Crippen molar-refractivity contribution in [2.45, 2.75) is 12.8 Å². The van der Waals surface area contributed by atoms with E-state index in [2.05, 4.69) is 26.6 Å². The molecule has 17 heavy (non-hydrogen) atoms. The average Bonchev–Trinajstić information content (AvgIpc) is 3.10. The molecule has 1 aromatic carbocycles. The highest BCUT2D eigenvalue weighted by atomic mass is 79.9. The van der Waals surface area contributed by atoms with Crippen LogP contribution < -0.4 is 10.6 Å². The molecule has 0 bridgehead atoms. The number of halogens is 1. The van der Waals surface area contributed by atoms with Crippen molar-refractivity contribution in [2.24, 2.45) is 5.41 Å². The Bertz CT molecular complexity index is 401. The molecule has 5 heteroatoms. The lowest BCUT2D eigenvalue weighted by Gasteiger charge is -2.13. The maximum atomic E-state index is 11.6. The van der Waals surface area contributed by atoms with Gasteiger partial charge in [-0.2, -0.15) is 0 Å².